The van der Waals surface area contributed by atoms with Gasteiger partial charge in [-0.3, -0.25) is 0 Å². The predicted octanol–water partition coefficient (Wildman–Crippen LogP) is 12.7. The second-order valence-corrected chi connectivity index (χ2v) is 13.2. The number of fused-ring (bicyclic) bond motifs is 9. The van der Waals surface area contributed by atoms with E-state index in [0.29, 0.717) is 0 Å². The summed E-state index contributed by atoms with van der Waals surface area (Å²) in [6.45, 7) is 0. The van der Waals surface area contributed by atoms with E-state index in [4.69, 9.17) is 4.42 Å². The van der Waals surface area contributed by atoms with E-state index >= 15 is 0 Å². The third-order valence-corrected chi connectivity index (χ3v) is 10.4. The van der Waals surface area contributed by atoms with Crippen molar-refractivity contribution in [3.63, 3.8) is 0 Å². The fourth-order valence-corrected chi connectivity index (χ4v) is 8.11. The van der Waals surface area contributed by atoms with E-state index in [0.717, 1.165) is 55.5 Å². The zero-order valence-corrected chi connectivity index (χ0v) is 27.5. The highest BCUT2D eigenvalue weighted by molar-refractivity contribution is 6.15. The van der Waals surface area contributed by atoms with Crippen LogP contribution in [0.4, 0.5) is 0 Å². The molecule has 8 aromatic carbocycles. The molecule has 3 heteroatoms. The molecule has 0 aliphatic heterocycles. The first-order valence-electron chi connectivity index (χ1n) is 17.3. The van der Waals surface area contributed by atoms with Crippen LogP contribution < -0.4 is 0 Å². The quantitative estimate of drug-likeness (QED) is 0.186. The van der Waals surface area contributed by atoms with Gasteiger partial charge in [-0.05, 0) is 89.5 Å². The van der Waals surface area contributed by atoms with Crippen molar-refractivity contribution in [3.8, 4) is 33.6 Å². The second kappa shape index (κ2) is 10.7. The summed E-state index contributed by atoms with van der Waals surface area (Å²) in [6, 6.07) is 66.9. The summed E-state index contributed by atoms with van der Waals surface area (Å²) in [5.41, 5.74) is 13.3. The fourth-order valence-electron chi connectivity index (χ4n) is 8.11. The number of furan rings is 1. The van der Waals surface area contributed by atoms with E-state index in [-0.39, 0.29) is 0 Å². The first-order valence-corrected chi connectivity index (χ1v) is 17.3. The van der Waals surface area contributed by atoms with Crippen molar-refractivity contribution in [1.29, 1.82) is 0 Å². The minimum absolute atomic E-state index is 0.906. The molecule has 11 aromatic rings. The minimum Gasteiger partial charge on any atom is -0.455 e. The Morgan fingerprint density at radius 3 is 1.73 bits per heavy atom. The number of hydrogen-bond donors (Lipinski definition) is 0. The molecular formula is C48H28N2O. The van der Waals surface area contributed by atoms with Gasteiger partial charge in [-0.25, -0.2) is 0 Å². The van der Waals surface area contributed by atoms with Crippen LogP contribution >= 0.6 is 0 Å². The van der Waals surface area contributed by atoms with E-state index < -0.39 is 0 Å². The third-order valence-electron chi connectivity index (χ3n) is 10.4. The molecule has 0 atom stereocenters. The molecule has 0 saturated heterocycles. The van der Waals surface area contributed by atoms with Gasteiger partial charge in [0.1, 0.15) is 11.2 Å². The Hall–Kier alpha value is -7.02. The van der Waals surface area contributed by atoms with Gasteiger partial charge in [-0.15, -0.1) is 0 Å². The normalized spacial score (nSPS) is 11.8. The maximum absolute atomic E-state index is 6.47. The van der Waals surface area contributed by atoms with Crippen LogP contribution in [-0.4, -0.2) is 9.13 Å². The van der Waals surface area contributed by atoms with E-state index in [2.05, 4.69) is 167 Å². The lowest BCUT2D eigenvalue weighted by molar-refractivity contribution is 0.670. The number of aromatic nitrogens is 2. The average Bonchev–Trinajstić information content (AvgIpc) is 3.85. The lowest BCUT2D eigenvalue weighted by atomic mass is 9.98. The van der Waals surface area contributed by atoms with Gasteiger partial charge in [0.15, 0.2) is 0 Å². The van der Waals surface area contributed by atoms with Crippen LogP contribution in [-0.2, 0) is 0 Å². The summed E-state index contributed by atoms with van der Waals surface area (Å²) >= 11 is 0. The molecule has 0 aliphatic carbocycles. The molecule has 0 unspecified atom stereocenters. The average molecular weight is 649 g/mol. The van der Waals surface area contributed by atoms with Crippen molar-refractivity contribution in [1.82, 2.24) is 9.13 Å². The highest BCUT2D eigenvalue weighted by Crippen LogP contribution is 2.41. The standard InChI is InChI=1S/C48H28N2O/c1-3-12-34(13-4-1)49-43-20-9-7-16-37(43)40-28-31(22-25-44(40)49)32-23-26-45-41(29-32)42-30-33(24-27-46(42)50(45)35-14-5-2-6-15-35)36-18-11-19-39-38-17-8-10-21-47(38)51-48(36)39/h1,3-5,7-30H. The maximum Gasteiger partial charge on any atom is 0.143 e. The van der Waals surface area contributed by atoms with Crippen molar-refractivity contribution < 1.29 is 4.42 Å². The van der Waals surface area contributed by atoms with Crippen LogP contribution in [0, 0.1) is 12.1 Å². The molecule has 0 amide bonds. The van der Waals surface area contributed by atoms with Crippen LogP contribution in [0.1, 0.15) is 0 Å². The smallest absolute Gasteiger partial charge is 0.143 e. The number of benzene rings is 7. The van der Waals surface area contributed by atoms with Gasteiger partial charge in [0.25, 0.3) is 0 Å². The zero-order valence-electron chi connectivity index (χ0n) is 27.5. The molecule has 0 fully saturated rings. The van der Waals surface area contributed by atoms with Gasteiger partial charge in [-0.2, -0.15) is 0 Å². The highest BCUT2D eigenvalue weighted by atomic mass is 16.3. The Labute approximate surface area is 293 Å². The fraction of sp³-hybridized carbons (Fsp3) is 0. The first kappa shape index (κ1) is 27.9. The maximum atomic E-state index is 6.47. The van der Waals surface area contributed by atoms with E-state index in [1.807, 2.05) is 24.3 Å². The summed E-state index contributed by atoms with van der Waals surface area (Å²) in [4.78, 5) is 0. The SMILES string of the molecule is c1ccc(-n2c3ccc(-c4ccc5c(c4)c4ccccc4n5-c4ccccc4)cc3c3cc(-c4cccc5c4oc4ccccc45)ccc32)cc#1. The van der Waals surface area contributed by atoms with Crippen LogP contribution in [0.3, 0.4) is 0 Å². The summed E-state index contributed by atoms with van der Waals surface area (Å²) < 4.78 is 11.2. The monoisotopic (exact) mass is 648 g/mol. The summed E-state index contributed by atoms with van der Waals surface area (Å²) in [5, 5.41) is 7.14. The highest BCUT2D eigenvalue weighted by Gasteiger charge is 2.18. The van der Waals surface area contributed by atoms with E-state index in [1.54, 1.807) is 0 Å². The Balaban J connectivity index is 1.14. The molecule has 0 bridgehead atoms. The molecule has 0 spiro atoms. The van der Waals surface area contributed by atoms with Gasteiger partial charge in [-0.1, -0.05) is 103 Å². The molecule has 236 valence electrons. The third kappa shape index (κ3) is 4.14. The molecular weight excluding hydrogens is 621 g/mol. The molecule has 51 heavy (non-hydrogen) atoms. The van der Waals surface area contributed by atoms with Gasteiger partial charge in [0.2, 0.25) is 0 Å². The number of hydrogen-bond acceptors (Lipinski definition) is 1. The van der Waals surface area contributed by atoms with E-state index in [1.165, 1.54) is 43.7 Å². The van der Waals surface area contributed by atoms with Crippen molar-refractivity contribution >= 4 is 65.6 Å². The zero-order chi connectivity index (χ0) is 33.5. The molecule has 3 nitrogen and oxygen atoms in total. The van der Waals surface area contributed by atoms with Crippen molar-refractivity contribution in [2.24, 2.45) is 0 Å². The van der Waals surface area contributed by atoms with Crippen molar-refractivity contribution in [3.05, 3.63) is 182 Å². The molecule has 0 N–H and O–H groups in total. The van der Waals surface area contributed by atoms with Crippen LogP contribution in [0.5, 0.6) is 0 Å². The molecule has 11 rings (SSSR count). The summed E-state index contributed by atoms with van der Waals surface area (Å²) in [6.07, 6.45) is 0. The van der Waals surface area contributed by atoms with Crippen molar-refractivity contribution in [2.75, 3.05) is 0 Å². The first-order chi connectivity index (χ1) is 25.3. The van der Waals surface area contributed by atoms with Gasteiger partial charge >= 0.3 is 0 Å². The molecule has 0 radical (unpaired) electrons. The second-order valence-electron chi connectivity index (χ2n) is 13.2. The molecule has 3 aromatic heterocycles. The van der Waals surface area contributed by atoms with Gasteiger partial charge in [0, 0.05) is 49.6 Å². The topological polar surface area (TPSA) is 23.0 Å². The van der Waals surface area contributed by atoms with Gasteiger partial charge < -0.3 is 13.6 Å². The van der Waals surface area contributed by atoms with Crippen LogP contribution in [0.15, 0.2) is 174 Å². The van der Waals surface area contributed by atoms with E-state index in [9.17, 15) is 0 Å². The number of nitrogens with zero attached hydrogens (tertiary/aromatic N) is 2. The Kier molecular flexibility index (Phi) is 5.87. The summed E-state index contributed by atoms with van der Waals surface area (Å²) in [7, 11) is 0. The van der Waals surface area contributed by atoms with Gasteiger partial charge in [0.05, 0.1) is 27.8 Å². The summed E-state index contributed by atoms with van der Waals surface area (Å²) in [5.74, 6) is 0. The van der Waals surface area contributed by atoms with Crippen LogP contribution in [0.2, 0.25) is 0 Å². The van der Waals surface area contributed by atoms with Crippen molar-refractivity contribution in [2.45, 2.75) is 0 Å². The lowest BCUT2D eigenvalue weighted by Gasteiger charge is -2.09. The number of rotatable bonds is 4. The Bertz CT molecular complexity index is 3130. The molecule has 0 aliphatic rings. The van der Waals surface area contributed by atoms with Crippen LogP contribution in [0.25, 0.3) is 99.2 Å². The Morgan fingerprint density at radius 1 is 0.392 bits per heavy atom. The number of para-hydroxylation sites is 4. The largest absolute Gasteiger partial charge is 0.455 e. The molecule has 0 saturated carbocycles. The minimum atomic E-state index is 0.906. The molecule has 3 heterocycles. The Morgan fingerprint density at radius 2 is 0.980 bits per heavy atom. The lowest BCUT2D eigenvalue weighted by Crippen LogP contribution is -1.93. The predicted molar refractivity (Wildman–Crippen MR) is 211 cm³/mol.